The number of likely N-dealkylation sites (N-methyl/N-ethyl adjacent to an activating group) is 1. The van der Waals surface area contributed by atoms with Crippen molar-refractivity contribution >= 4 is 16.9 Å². The lowest BCUT2D eigenvalue weighted by molar-refractivity contribution is 0.0698. The van der Waals surface area contributed by atoms with E-state index in [-0.39, 0.29) is 6.61 Å². The van der Waals surface area contributed by atoms with E-state index < -0.39 is 5.97 Å². The zero-order chi connectivity index (χ0) is 15.0. The van der Waals surface area contributed by atoms with Crippen molar-refractivity contribution in [3.63, 3.8) is 0 Å². The summed E-state index contributed by atoms with van der Waals surface area (Å²) in [7, 11) is 0. The van der Waals surface area contributed by atoms with Gasteiger partial charge in [0.1, 0.15) is 0 Å². The van der Waals surface area contributed by atoms with E-state index in [1.54, 1.807) is 12.1 Å². The molecule has 5 heteroatoms. The highest BCUT2D eigenvalue weighted by Crippen LogP contribution is 2.32. The van der Waals surface area contributed by atoms with Crippen LogP contribution in [0.2, 0.25) is 0 Å². The number of aliphatic hydroxyl groups is 1. The number of carboxylic acids is 1. The van der Waals surface area contributed by atoms with Crippen molar-refractivity contribution in [3.8, 4) is 0 Å². The topological polar surface area (TPSA) is 65.7 Å². The van der Waals surface area contributed by atoms with Gasteiger partial charge in [0, 0.05) is 37.1 Å². The average Bonchev–Trinajstić information content (AvgIpc) is 2.81. The van der Waals surface area contributed by atoms with E-state index in [0.29, 0.717) is 12.1 Å². The molecule has 2 aromatic rings. The Morgan fingerprint density at radius 1 is 1.38 bits per heavy atom. The molecule has 0 bridgehead atoms. The molecule has 0 spiro atoms. The molecule has 3 rings (SSSR count). The van der Waals surface area contributed by atoms with Gasteiger partial charge in [-0.3, -0.25) is 4.90 Å². The third-order valence-corrected chi connectivity index (χ3v) is 4.35. The van der Waals surface area contributed by atoms with Gasteiger partial charge in [0.05, 0.1) is 17.7 Å². The fraction of sp³-hybridized carbons (Fsp3) is 0.438. The summed E-state index contributed by atoms with van der Waals surface area (Å²) in [6.45, 7) is 5.42. The molecule has 0 saturated heterocycles. The third kappa shape index (κ3) is 2.22. The molecule has 5 nitrogen and oxygen atoms in total. The SMILES string of the molecule is CCN1CCc2c(c3cccc(C(=O)O)c3n2CCO)C1. The van der Waals surface area contributed by atoms with Crippen molar-refractivity contribution in [3.05, 3.63) is 35.0 Å². The van der Waals surface area contributed by atoms with E-state index in [2.05, 4.69) is 11.8 Å². The number of para-hydroxylation sites is 1. The van der Waals surface area contributed by atoms with E-state index >= 15 is 0 Å². The third-order valence-electron chi connectivity index (χ3n) is 4.35. The van der Waals surface area contributed by atoms with Gasteiger partial charge < -0.3 is 14.8 Å². The molecule has 0 amide bonds. The molecule has 0 unspecified atom stereocenters. The Morgan fingerprint density at radius 2 is 2.19 bits per heavy atom. The van der Waals surface area contributed by atoms with Gasteiger partial charge in [-0.2, -0.15) is 0 Å². The summed E-state index contributed by atoms with van der Waals surface area (Å²) in [5.41, 5.74) is 3.47. The lowest BCUT2D eigenvalue weighted by atomic mass is 10.0. The number of hydrogen-bond acceptors (Lipinski definition) is 3. The van der Waals surface area contributed by atoms with Crippen LogP contribution in [-0.2, 0) is 19.5 Å². The standard InChI is InChI=1S/C16H20N2O3/c1-2-17-7-6-14-13(10-17)11-4-3-5-12(16(20)21)15(11)18(14)8-9-19/h3-5,19H,2,6-10H2,1H3,(H,20,21). The number of aromatic carboxylic acids is 1. The van der Waals surface area contributed by atoms with Crippen LogP contribution in [0.3, 0.4) is 0 Å². The molecule has 1 aromatic heterocycles. The van der Waals surface area contributed by atoms with Crippen molar-refractivity contribution in [2.75, 3.05) is 19.7 Å². The molecule has 21 heavy (non-hydrogen) atoms. The molecule has 0 saturated carbocycles. The van der Waals surface area contributed by atoms with E-state index in [0.717, 1.165) is 37.0 Å². The molecular formula is C16H20N2O3. The van der Waals surface area contributed by atoms with Crippen LogP contribution in [0.5, 0.6) is 0 Å². The average molecular weight is 288 g/mol. The highest BCUT2D eigenvalue weighted by Gasteiger charge is 2.25. The van der Waals surface area contributed by atoms with Crippen LogP contribution in [0.25, 0.3) is 10.9 Å². The molecule has 0 fully saturated rings. The van der Waals surface area contributed by atoms with Crippen molar-refractivity contribution in [2.45, 2.75) is 26.4 Å². The summed E-state index contributed by atoms with van der Waals surface area (Å²) in [4.78, 5) is 13.9. The van der Waals surface area contributed by atoms with Crippen LogP contribution in [-0.4, -0.2) is 45.3 Å². The quantitative estimate of drug-likeness (QED) is 0.899. The highest BCUT2D eigenvalue weighted by atomic mass is 16.4. The second-order valence-corrected chi connectivity index (χ2v) is 5.43. The summed E-state index contributed by atoms with van der Waals surface area (Å²) in [5.74, 6) is -0.915. The van der Waals surface area contributed by atoms with Crippen molar-refractivity contribution in [1.82, 2.24) is 9.47 Å². The minimum atomic E-state index is -0.915. The van der Waals surface area contributed by atoms with E-state index in [1.165, 1.54) is 11.3 Å². The Kier molecular flexibility index (Phi) is 3.69. The fourth-order valence-corrected chi connectivity index (χ4v) is 3.35. The van der Waals surface area contributed by atoms with Gasteiger partial charge in [-0.1, -0.05) is 19.1 Å². The molecule has 0 atom stereocenters. The summed E-state index contributed by atoms with van der Waals surface area (Å²) in [5, 5.41) is 19.8. The lowest BCUT2D eigenvalue weighted by Crippen LogP contribution is -2.30. The Balaban J connectivity index is 2.28. The van der Waals surface area contributed by atoms with Gasteiger partial charge in [0.15, 0.2) is 0 Å². The predicted octanol–water partition coefficient (Wildman–Crippen LogP) is 1.71. The number of hydrogen-bond donors (Lipinski definition) is 2. The maximum absolute atomic E-state index is 11.5. The van der Waals surface area contributed by atoms with Gasteiger partial charge in [-0.05, 0) is 18.2 Å². The van der Waals surface area contributed by atoms with Crippen LogP contribution >= 0.6 is 0 Å². The predicted molar refractivity (Wildman–Crippen MR) is 80.6 cm³/mol. The molecule has 2 heterocycles. The lowest BCUT2D eigenvalue weighted by Gasteiger charge is -2.26. The Hall–Kier alpha value is -1.85. The number of aromatic nitrogens is 1. The molecule has 2 N–H and O–H groups in total. The van der Waals surface area contributed by atoms with Gasteiger partial charge in [0.2, 0.25) is 0 Å². The highest BCUT2D eigenvalue weighted by molar-refractivity contribution is 6.04. The number of carbonyl (C=O) groups is 1. The van der Waals surface area contributed by atoms with Crippen LogP contribution in [0.15, 0.2) is 18.2 Å². The van der Waals surface area contributed by atoms with Crippen LogP contribution < -0.4 is 0 Å². The van der Waals surface area contributed by atoms with Crippen molar-refractivity contribution in [1.29, 1.82) is 0 Å². The Morgan fingerprint density at radius 3 is 2.86 bits per heavy atom. The molecule has 112 valence electrons. The van der Waals surface area contributed by atoms with Crippen molar-refractivity contribution in [2.24, 2.45) is 0 Å². The first-order valence-electron chi connectivity index (χ1n) is 7.36. The monoisotopic (exact) mass is 288 g/mol. The van der Waals surface area contributed by atoms with Crippen LogP contribution in [0.4, 0.5) is 0 Å². The number of aliphatic hydroxyl groups excluding tert-OH is 1. The minimum absolute atomic E-state index is 0.0155. The van der Waals surface area contributed by atoms with E-state index in [9.17, 15) is 15.0 Å². The molecule has 1 aliphatic rings. The fourth-order valence-electron chi connectivity index (χ4n) is 3.35. The first-order chi connectivity index (χ1) is 10.2. The molecule has 1 aromatic carbocycles. The number of carboxylic acid groups (broad SMARTS) is 1. The first-order valence-corrected chi connectivity index (χ1v) is 7.36. The second kappa shape index (κ2) is 5.50. The maximum atomic E-state index is 11.5. The normalized spacial score (nSPS) is 15.3. The molecule has 0 radical (unpaired) electrons. The van der Waals surface area contributed by atoms with Gasteiger partial charge in [-0.15, -0.1) is 0 Å². The summed E-state index contributed by atoms with van der Waals surface area (Å²) in [6.07, 6.45) is 0.900. The smallest absolute Gasteiger partial charge is 0.337 e. The number of rotatable bonds is 4. The van der Waals surface area contributed by atoms with Gasteiger partial charge in [-0.25, -0.2) is 4.79 Å². The largest absolute Gasteiger partial charge is 0.478 e. The van der Waals surface area contributed by atoms with Crippen LogP contribution in [0.1, 0.15) is 28.5 Å². The number of fused-ring (bicyclic) bond motifs is 3. The number of nitrogens with zero attached hydrogens (tertiary/aromatic N) is 2. The Bertz CT molecular complexity index is 690. The van der Waals surface area contributed by atoms with Gasteiger partial charge >= 0.3 is 5.97 Å². The van der Waals surface area contributed by atoms with Gasteiger partial charge in [0.25, 0.3) is 0 Å². The summed E-state index contributed by atoms with van der Waals surface area (Å²) >= 11 is 0. The zero-order valence-corrected chi connectivity index (χ0v) is 12.2. The molecule has 0 aliphatic carbocycles. The first kappa shape index (κ1) is 14.1. The molecular weight excluding hydrogens is 268 g/mol. The van der Waals surface area contributed by atoms with Crippen molar-refractivity contribution < 1.29 is 15.0 Å². The Labute approximate surface area is 123 Å². The summed E-state index contributed by atoms with van der Waals surface area (Å²) < 4.78 is 2.00. The second-order valence-electron chi connectivity index (χ2n) is 5.43. The van der Waals surface area contributed by atoms with E-state index in [4.69, 9.17) is 0 Å². The number of benzene rings is 1. The summed E-state index contributed by atoms with van der Waals surface area (Å²) in [6, 6.07) is 5.44. The maximum Gasteiger partial charge on any atom is 0.337 e. The minimum Gasteiger partial charge on any atom is -0.478 e. The van der Waals surface area contributed by atoms with Crippen LogP contribution in [0, 0.1) is 0 Å². The van der Waals surface area contributed by atoms with E-state index in [1.807, 2.05) is 10.6 Å². The molecule has 1 aliphatic heterocycles. The zero-order valence-electron chi connectivity index (χ0n) is 12.2.